The van der Waals surface area contributed by atoms with Gasteiger partial charge in [0.05, 0.1) is 11.5 Å². The second kappa shape index (κ2) is 9.70. The van der Waals surface area contributed by atoms with E-state index in [1.807, 2.05) is 0 Å². The summed E-state index contributed by atoms with van der Waals surface area (Å²) in [6.45, 7) is 1.11. The summed E-state index contributed by atoms with van der Waals surface area (Å²) >= 11 is 0. The van der Waals surface area contributed by atoms with Gasteiger partial charge in [-0.05, 0) is 56.4 Å². The second-order valence-electron chi connectivity index (χ2n) is 6.03. The first-order chi connectivity index (χ1) is 12.0. The van der Waals surface area contributed by atoms with Crippen molar-refractivity contribution in [2.24, 2.45) is 0 Å². The fourth-order valence-electron chi connectivity index (χ4n) is 2.72. The van der Waals surface area contributed by atoms with Crippen molar-refractivity contribution in [2.45, 2.75) is 37.0 Å². The van der Waals surface area contributed by atoms with Gasteiger partial charge in [-0.1, -0.05) is 11.6 Å². The Kier molecular flexibility index (Phi) is 7.61. The Hall–Kier alpha value is -1.70. The molecule has 0 aromatic heterocycles. The monoisotopic (exact) mass is 366 g/mol. The number of nitrogens with one attached hydrogen (secondary N) is 2. The predicted molar refractivity (Wildman–Crippen MR) is 97.0 cm³/mol. The topological polar surface area (TPSA) is 84.5 Å². The number of ether oxygens (including phenoxy) is 1. The smallest absolute Gasteiger partial charge is 0.251 e. The number of rotatable bonds is 9. The van der Waals surface area contributed by atoms with Gasteiger partial charge in [0.15, 0.2) is 0 Å². The summed E-state index contributed by atoms with van der Waals surface area (Å²) in [5.41, 5.74) is 1.86. The number of carbonyl (C=O) groups excluding carboxylic acids is 1. The molecule has 0 aliphatic heterocycles. The molecule has 6 nitrogen and oxygen atoms in total. The fourth-order valence-corrected chi connectivity index (χ4v) is 3.73. The Bertz CT molecular complexity index is 696. The van der Waals surface area contributed by atoms with Crippen molar-refractivity contribution in [1.82, 2.24) is 10.0 Å². The Balaban J connectivity index is 1.85. The van der Waals surface area contributed by atoms with E-state index in [9.17, 15) is 13.2 Å². The lowest BCUT2D eigenvalue weighted by molar-refractivity contribution is 0.0954. The Morgan fingerprint density at radius 2 is 1.92 bits per heavy atom. The minimum absolute atomic E-state index is 0.132. The van der Waals surface area contributed by atoms with Crippen LogP contribution in [0.5, 0.6) is 0 Å². The van der Waals surface area contributed by atoms with Crippen molar-refractivity contribution in [3.8, 4) is 0 Å². The number of benzene rings is 1. The van der Waals surface area contributed by atoms with E-state index in [1.165, 1.54) is 49.8 Å². The van der Waals surface area contributed by atoms with E-state index in [4.69, 9.17) is 4.74 Å². The zero-order valence-electron chi connectivity index (χ0n) is 14.6. The van der Waals surface area contributed by atoms with E-state index in [0.717, 1.165) is 19.3 Å². The van der Waals surface area contributed by atoms with Crippen molar-refractivity contribution >= 4 is 15.9 Å². The third-order valence-electron chi connectivity index (χ3n) is 4.14. The average Bonchev–Trinajstić information content (AvgIpc) is 2.63. The fraction of sp³-hybridized carbons (Fsp3) is 0.500. The summed E-state index contributed by atoms with van der Waals surface area (Å²) < 4.78 is 31.4. The molecular formula is C18H26N2O4S. The summed E-state index contributed by atoms with van der Waals surface area (Å²) in [6, 6.07) is 5.93. The highest BCUT2D eigenvalue weighted by Gasteiger charge is 2.14. The molecule has 0 unspecified atom stereocenters. The highest BCUT2D eigenvalue weighted by molar-refractivity contribution is 7.89. The Morgan fingerprint density at radius 1 is 1.16 bits per heavy atom. The van der Waals surface area contributed by atoms with Crippen molar-refractivity contribution < 1.29 is 17.9 Å². The number of sulfonamides is 1. The Morgan fingerprint density at radius 3 is 2.56 bits per heavy atom. The van der Waals surface area contributed by atoms with Crippen LogP contribution in [0.4, 0.5) is 0 Å². The van der Waals surface area contributed by atoms with Gasteiger partial charge >= 0.3 is 0 Å². The van der Waals surface area contributed by atoms with Gasteiger partial charge in [-0.2, -0.15) is 0 Å². The van der Waals surface area contributed by atoms with Crippen LogP contribution >= 0.6 is 0 Å². The first kappa shape index (κ1) is 19.6. The SMILES string of the molecule is COCCNS(=O)(=O)c1ccc(C(=O)NCCC2=CCCCC2)cc1. The summed E-state index contributed by atoms with van der Waals surface area (Å²) in [5, 5.41) is 2.88. The van der Waals surface area contributed by atoms with Gasteiger partial charge in [0.2, 0.25) is 10.0 Å². The van der Waals surface area contributed by atoms with Crippen molar-refractivity contribution in [2.75, 3.05) is 26.8 Å². The zero-order chi connectivity index (χ0) is 18.1. The van der Waals surface area contributed by atoms with Crippen LogP contribution in [0.2, 0.25) is 0 Å². The molecule has 138 valence electrons. The standard InChI is InChI=1S/C18H26N2O4S/c1-24-14-13-20-25(22,23)17-9-7-16(8-10-17)18(21)19-12-11-15-5-3-2-4-6-15/h5,7-10,20H,2-4,6,11-14H2,1H3,(H,19,21). The van der Waals surface area contributed by atoms with Gasteiger partial charge in [0.25, 0.3) is 5.91 Å². The van der Waals surface area contributed by atoms with Gasteiger partial charge in [0.1, 0.15) is 0 Å². The van der Waals surface area contributed by atoms with Crippen molar-refractivity contribution in [1.29, 1.82) is 0 Å². The second-order valence-corrected chi connectivity index (χ2v) is 7.80. The van der Waals surface area contributed by atoms with Crippen LogP contribution in [0.25, 0.3) is 0 Å². The molecular weight excluding hydrogens is 340 g/mol. The number of amides is 1. The minimum atomic E-state index is -3.58. The first-order valence-electron chi connectivity index (χ1n) is 8.58. The maximum absolute atomic E-state index is 12.1. The lowest BCUT2D eigenvalue weighted by Gasteiger charge is -2.13. The van der Waals surface area contributed by atoms with Crippen LogP contribution in [-0.2, 0) is 14.8 Å². The largest absolute Gasteiger partial charge is 0.383 e. The highest BCUT2D eigenvalue weighted by atomic mass is 32.2. The lowest BCUT2D eigenvalue weighted by Crippen LogP contribution is -2.27. The maximum Gasteiger partial charge on any atom is 0.251 e. The highest BCUT2D eigenvalue weighted by Crippen LogP contribution is 2.19. The van der Waals surface area contributed by atoms with E-state index in [-0.39, 0.29) is 17.3 Å². The summed E-state index contributed by atoms with van der Waals surface area (Å²) in [6.07, 6.45) is 7.89. The van der Waals surface area contributed by atoms with Crippen LogP contribution in [0.15, 0.2) is 40.8 Å². The minimum Gasteiger partial charge on any atom is -0.383 e. The number of hydrogen-bond donors (Lipinski definition) is 2. The predicted octanol–water partition coefficient (Wildman–Crippen LogP) is 2.23. The number of hydrogen-bond acceptors (Lipinski definition) is 4. The molecule has 1 aromatic carbocycles. The molecule has 1 aliphatic rings. The molecule has 1 amide bonds. The van der Waals surface area contributed by atoms with Crippen LogP contribution in [0.1, 0.15) is 42.5 Å². The van der Waals surface area contributed by atoms with Crippen molar-refractivity contribution in [3.63, 3.8) is 0 Å². The molecule has 0 heterocycles. The number of allylic oxidation sites excluding steroid dienone is 1. The number of carbonyl (C=O) groups is 1. The van der Waals surface area contributed by atoms with E-state index in [0.29, 0.717) is 18.7 Å². The van der Waals surface area contributed by atoms with Gasteiger partial charge in [-0.3, -0.25) is 4.79 Å². The zero-order valence-corrected chi connectivity index (χ0v) is 15.4. The molecule has 7 heteroatoms. The molecule has 25 heavy (non-hydrogen) atoms. The molecule has 2 N–H and O–H groups in total. The molecule has 0 bridgehead atoms. The molecule has 0 saturated heterocycles. The quantitative estimate of drug-likeness (QED) is 0.518. The van der Waals surface area contributed by atoms with Crippen LogP contribution in [0.3, 0.4) is 0 Å². The van der Waals surface area contributed by atoms with Crippen LogP contribution in [-0.4, -0.2) is 41.1 Å². The number of methoxy groups -OCH3 is 1. The van der Waals surface area contributed by atoms with Gasteiger partial charge in [-0.25, -0.2) is 13.1 Å². The van der Waals surface area contributed by atoms with E-state index in [2.05, 4.69) is 16.1 Å². The molecule has 2 rings (SSSR count). The van der Waals surface area contributed by atoms with Gasteiger partial charge in [0, 0.05) is 25.8 Å². The van der Waals surface area contributed by atoms with Crippen LogP contribution < -0.4 is 10.0 Å². The molecule has 1 aliphatic carbocycles. The first-order valence-corrected chi connectivity index (χ1v) is 10.1. The normalized spacial score (nSPS) is 14.8. The van der Waals surface area contributed by atoms with E-state index in [1.54, 1.807) is 0 Å². The lowest BCUT2D eigenvalue weighted by atomic mass is 9.97. The van der Waals surface area contributed by atoms with E-state index >= 15 is 0 Å². The third-order valence-corrected chi connectivity index (χ3v) is 5.62. The molecule has 1 aromatic rings. The average molecular weight is 366 g/mol. The maximum atomic E-state index is 12.1. The van der Waals surface area contributed by atoms with Gasteiger partial charge in [-0.15, -0.1) is 0 Å². The third kappa shape index (κ3) is 6.26. The summed E-state index contributed by atoms with van der Waals surface area (Å²) in [5.74, 6) is -0.187. The molecule has 0 fully saturated rings. The Labute approximate surface area is 149 Å². The molecule has 0 radical (unpaired) electrons. The molecule has 0 spiro atoms. The van der Waals surface area contributed by atoms with Crippen LogP contribution in [0, 0.1) is 0 Å². The molecule has 0 atom stereocenters. The molecule has 0 saturated carbocycles. The van der Waals surface area contributed by atoms with Gasteiger partial charge < -0.3 is 10.1 Å². The summed E-state index contributed by atoms with van der Waals surface area (Å²) in [7, 11) is -2.07. The van der Waals surface area contributed by atoms with Crippen molar-refractivity contribution in [3.05, 3.63) is 41.5 Å². The van der Waals surface area contributed by atoms with E-state index < -0.39 is 10.0 Å². The summed E-state index contributed by atoms with van der Waals surface area (Å²) in [4.78, 5) is 12.3.